The number of rotatable bonds is 6. The van der Waals surface area contributed by atoms with E-state index in [2.05, 4.69) is 16.9 Å². The monoisotopic (exact) mass is 306 g/mol. The van der Waals surface area contributed by atoms with Crippen molar-refractivity contribution in [3.63, 3.8) is 0 Å². The van der Waals surface area contributed by atoms with Crippen LogP contribution in [0.2, 0.25) is 5.15 Å². The third kappa shape index (κ3) is 3.85. The van der Waals surface area contributed by atoms with Gasteiger partial charge >= 0.3 is 0 Å². The Morgan fingerprint density at radius 1 is 1.10 bits per heavy atom. The topological polar surface area (TPSA) is 44.2 Å². The molecule has 0 aliphatic heterocycles. The second-order valence-corrected chi connectivity index (χ2v) is 4.95. The van der Waals surface area contributed by atoms with E-state index in [9.17, 15) is 0 Å². The van der Waals surface area contributed by atoms with Gasteiger partial charge in [0.2, 0.25) is 5.88 Å². The van der Waals surface area contributed by atoms with E-state index in [0.29, 0.717) is 35.0 Å². The standard InChI is InChI=1S/C16H19ClN2O2/c1-4-8-14-18-15(17)11(3)16(19-14)21-13-10-7-6-9-12(13)20-5-2/h6-7,9-10H,4-5,8H2,1-3H3. The molecule has 0 unspecified atom stereocenters. The third-order valence-electron chi connectivity index (χ3n) is 2.92. The lowest BCUT2D eigenvalue weighted by Gasteiger charge is -2.13. The van der Waals surface area contributed by atoms with Crippen LogP contribution in [0.3, 0.4) is 0 Å². The number of hydrogen-bond donors (Lipinski definition) is 0. The van der Waals surface area contributed by atoms with E-state index in [1.54, 1.807) is 0 Å². The minimum atomic E-state index is 0.428. The summed E-state index contributed by atoms with van der Waals surface area (Å²) in [5, 5.41) is 0.428. The molecule has 0 N–H and O–H groups in total. The van der Waals surface area contributed by atoms with Crippen LogP contribution in [0, 0.1) is 6.92 Å². The van der Waals surface area contributed by atoms with Gasteiger partial charge in [-0.15, -0.1) is 0 Å². The van der Waals surface area contributed by atoms with Gasteiger partial charge in [-0.25, -0.2) is 4.98 Å². The molecule has 0 fully saturated rings. The highest BCUT2D eigenvalue weighted by Crippen LogP contribution is 2.33. The number of hydrogen-bond acceptors (Lipinski definition) is 4. The molecule has 0 radical (unpaired) electrons. The van der Waals surface area contributed by atoms with Crippen molar-refractivity contribution in [1.82, 2.24) is 9.97 Å². The van der Waals surface area contributed by atoms with Gasteiger partial charge in [0.1, 0.15) is 11.0 Å². The molecule has 0 spiro atoms. The molecule has 0 atom stereocenters. The number of aryl methyl sites for hydroxylation is 1. The molecule has 21 heavy (non-hydrogen) atoms. The molecule has 1 aromatic heterocycles. The highest BCUT2D eigenvalue weighted by atomic mass is 35.5. The minimum Gasteiger partial charge on any atom is -0.490 e. The molecule has 5 heteroatoms. The number of halogens is 1. The molecule has 1 aromatic carbocycles. The third-order valence-corrected chi connectivity index (χ3v) is 3.29. The summed E-state index contributed by atoms with van der Waals surface area (Å²) >= 11 is 6.16. The Morgan fingerprint density at radius 3 is 2.48 bits per heavy atom. The average Bonchev–Trinajstić information content (AvgIpc) is 2.47. The highest BCUT2D eigenvalue weighted by Gasteiger charge is 2.13. The van der Waals surface area contributed by atoms with Crippen molar-refractivity contribution in [2.75, 3.05) is 6.61 Å². The predicted octanol–water partition coefficient (Wildman–Crippen LogP) is 4.58. The number of nitrogens with zero attached hydrogens (tertiary/aromatic N) is 2. The Kier molecular flexibility index (Phi) is 5.39. The summed E-state index contributed by atoms with van der Waals surface area (Å²) in [5.41, 5.74) is 0.725. The average molecular weight is 307 g/mol. The maximum atomic E-state index is 6.16. The van der Waals surface area contributed by atoms with E-state index >= 15 is 0 Å². The van der Waals surface area contributed by atoms with Crippen molar-refractivity contribution in [3.05, 3.63) is 40.8 Å². The second-order valence-electron chi connectivity index (χ2n) is 4.59. The first kappa shape index (κ1) is 15.6. The highest BCUT2D eigenvalue weighted by molar-refractivity contribution is 6.30. The van der Waals surface area contributed by atoms with Crippen LogP contribution < -0.4 is 9.47 Å². The summed E-state index contributed by atoms with van der Waals surface area (Å²) in [7, 11) is 0. The molecule has 2 rings (SSSR count). The SMILES string of the molecule is CCCc1nc(Cl)c(C)c(Oc2ccccc2OCC)n1. The summed E-state index contributed by atoms with van der Waals surface area (Å²) in [6.07, 6.45) is 1.72. The Morgan fingerprint density at radius 2 is 1.81 bits per heavy atom. The van der Waals surface area contributed by atoms with E-state index < -0.39 is 0 Å². The molecular formula is C16H19ClN2O2. The van der Waals surface area contributed by atoms with Gasteiger partial charge in [0.15, 0.2) is 11.5 Å². The quantitative estimate of drug-likeness (QED) is 0.733. The first-order chi connectivity index (χ1) is 10.2. The molecule has 112 valence electrons. The fourth-order valence-electron chi connectivity index (χ4n) is 1.86. The zero-order valence-electron chi connectivity index (χ0n) is 12.5. The lowest BCUT2D eigenvalue weighted by atomic mass is 10.3. The van der Waals surface area contributed by atoms with Gasteiger partial charge < -0.3 is 9.47 Å². The van der Waals surface area contributed by atoms with E-state index in [0.717, 1.165) is 18.4 Å². The van der Waals surface area contributed by atoms with Crippen LogP contribution in [-0.4, -0.2) is 16.6 Å². The van der Waals surface area contributed by atoms with Crippen molar-refractivity contribution in [3.8, 4) is 17.4 Å². The van der Waals surface area contributed by atoms with Crippen LogP contribution in [0.4, 0.5) is 0 Å². The van der Waals surface area contributed by atoms with E-state index in [1.807, 2.05) is 38.1 Å². The first-order valence-corrected chi connectivity index (χ1v) is 7.46. The zero-order valence-corrected chi connectivity index (χ0v) is 13.3. The van der Waals surface area contributed by atoms with Crippen LogP contribution in [0.15, 0.2) is 24.3 Å². The van der Waals surface area contributed by atoms with Crippen molar-refractivity contribution < 1.29 is 9.47 Å². The molecule has 4 nitrogen and oxygen atoms in total. The molecule has 1 heterocycles. The van der Waals surface area contributed by atoms with Gasteiger partial charge in [0, 0.05) is 12.0 Å². The summed E-state index contributed by atoms with van der Waals surface area (Å²) in [6, 6.07) is 7.51. The van der Waals surface area contributed by atoms with Crippen LogP contribution in [0.25, 0.3) is 0 Å². The second kappa shape index (κ2) is 7.27. The van der Waals surface area contributed by atoms with E-state index in [4.69, 9.17) is 21.1 Å². The van der Waals surface area contributed by atoms with Crippen LogP contribution in [-0.2, 0) is 6.42 Å². The van der Waals surface area contributed by atoms with E-state index in [1.165, 1.54) is 0 Å². The fourth-order valence-corrected chi connectivity index (χ4v) is 2.04. The number of aromatic nitrogens is 2. The predicted molar refractivity (Wildman–Crippen MR) is 83.5 cm³/mol. The number of para-hydroxylation sites is 2. The maximum absolute atomic E-state index is 6.16. The summed E-state index contributed by atoms with van der Waals surface area (Å²) in [6.45, 7) is 6.42. The molecule has 0 saturated carbocycles. The lowest BCUT2D eigenvalue weighted by Crippen LogP contribution is -2.02. The summed E-state index contributed by atoms with van der Waals surface area (Å²) in [5.74, 6) is 2.48. The van der Waals surface area contributed by atoms with Crippen molar-refractivity contribution in [2.45, 2.75) is 33.6 Å². The van der Waals surface area contributed by atoms with Crippen LogP contribution in [0.1, 0.15) is 31.7 Å². The fraction of sp³-hybridized carbons (Fsp3) is 0.375. The molecule has 0 amide bonds. The van der Waals surface area contributed by atoms with Crippen molar-refractivity contribution in [2.24, 2.45) is 0 Å². The lowest BCUT2D eigenvalue weighted by molar-refractivity contribution is 0.319. The van der Waals surface area contributed by atoms with Crippen molar-refractivity contribution in [1.29, 1.82) is 0 Å². The van der Waals surface area contributed by atoms with Gasteiger partial charge in [-0.3, -0.25) is 0 Å². The maximum Gasteiger partial charge on any atom is 0.227 e. The Hall–Kier alpha value is -1.81. The Balaban J connectivity index is 2.34. The van der Waals surface area contributed by atoms with Crippen molar-refractivity contribution >= 4 is 11.6 Å². The Bertz CT molecular complexity index is 617. The first-order valence-electron chi connectivity index (χ1n) is 7.08. The largest absolute Gasteiger partial charge is 0.490 e. The molecule has 0 aliphatic rings. The van der Waals surface area contributed by atoms with Gasteiger partial charge in [-0.2, -0.15) is 4.98 Å². The van der Waals surface area contributed by atoms with Gasteiger partial charge in [0.05, 0.1) is 6.61 Å². The number of ether oxygens (including phenoxy) is 2. The van der Waals surface area contributed by atoms with Gasteiger partial charge in [-0.1, -0.05) is 30.7 Å². The number of benzene rings is 1. The normalized spacial score (nSPS) is 10.5. The van der Waals surface area contributed by atoms with Crippen LogP contribution in [0.5, 0.6) is 17.4 Å². The zero-order chi connectivity index (χ0) is 15.2. The van der Waals surface area contributed by atoms with E-state index in [-0.39, 0.29) is 0 Å². The van der Waals surface area contributed by atoms with Crippen LogP contribution >= 0.6 is 11.6 Å². The molecular weight excluding hydrogens is 288 g/mol. The smallest absolute Gasteiger partial charge is 0.227 e. The molecule has 2 aromatic rings. The van der Waals surface area contributed by atoms with Gasteiger partial charge in [0.25, 0.3) is 0 Å². The molecule has 0 saturated heterocycles. The summed E-state index contributed by atoms with van der Waals surface area (Å²) < 4.78 is 11.5. The minimum absolute atomic E-state index is 0.428. The van der Waals surface area contributed by atoms with Gasteiger partial charge in [-0.05, 0) is 32.4 Å². The molecule has 0 bridgehead atoms. The summed E-state index contributed by atoms with van der Waals surface area (Å²) in [4.78, 5) is 8.71. The Labute approximate surface area is 130 Å². The molecule has 0 aliphatic carbocycles.